The summed E-state index contributed by atoms with van der Waals surface area (Å²) in [5.41, 5.74) is 1.37. The highest BCUT2D eigenvalue weighted by Gasteiger charge is 2.11. The van der Waals surface area contributed by atoms with E-state index in [-0.39, 0.29) is 12.4 Å². The van der Waals surface area contributed by atoms with Gasteiger partial charge in [-0.1, -0.05) is 30.0 Å². The lowest BCUT2D eigenvalue weighted by Crippen LogP contribution is -2.04. The standard InChI is InChI=1S/C13H14F2N2O2S/c1-17-10(7-18)6-16-13(17)20-8-9-4-2-3-5-11(9)19-12(14)15/h2-6,12,18H,7-8H2,1H3. The second kappa shape index (κ2) is 6.71. The van der Waals surface area contributed by atoms with Crippen LogP contribution in [0.4, 0.5) is 8.78 Å². The highest BCUT2D eigenvalue weighted by Crippen LogP contribution is 2.28. The van der Waals surface area contributed by atoms with Gasteiger partial charge in [0.2, 0.25) is 0 Å². The Labute approximate surface area is 119 Å². The third-order valence-corrected chi connectivity index (χ3v) is 3.84. The number of aliphatic hydroxyl groups excluding tert-OH is 1. The maximum absolute atomic E-state index is 12.3. The lowest BCUT2D eigenvalue weighted by Gasteiger charge is -2.10. The minimum Gasteiger partial charge on any atom is -0.435 e. The molecule has 20 heavy (non-hydrogen) atoms. The molecule has 0 amide bonds. The van der Waals surface area contributed by atoms with E-state index >= 15 is 0 Å². The zero-order valence-corrected chi connectivity index (χ0v) is 11.6. The van der Waals surface area contributed by atoms with Gasteiger partial charge >= 0.3 is 6.61 Å². The van der Waals surface area contributed by atoms with Crippen LogP contribution in [0.5, 0.6) is 5.75 Å². The van der Waals surface area contributed by atoms with Crippen molar-refractivity contribution in [3.05, 3.63) is 41.7 Å². The van der Waals surface area contributed by atoms with Crippen molar-refractivity contribution in [1.29, 1.82) is 0 Å². The van der Waals surface area contributed by atoms with Gasteiger partial charge in [0.25, 0.3) is 0 Å². The van der Waals surface area contributed by atoms with Crippen LogP contribution < -0.4 is 4.74 Å². The van der Waals surface area contributed by atoms with Crippen molar-refractivity contribution in [2.24, 2.45) is 7.05 Å². The van der Waals surface area contributed by atoms with Crippen molar-refractivity contribution in [1.82, 2.24) is 9.55 Å². The molecule has 2 aromatic rings. The van der Waals surface area contributed by atoms with Crippen LogP contribution in [0, 0.1) is 0 Å². The molecule has 0 saturated carbocycles. The van der Waals surface area contributed by atoms with Gasteiger partial charge in [-0.05, 0) is 6.07 Å². The number of aliphatic hydroxyl groups is 1. The number of alkyl halides is 2. The Balaban J connectivity index is 2.08. The van der Waals surface area contributed by atoms with Gasteiger partial charge in [-0.2, -0.15) is 8.78 Å². The molecule has 0 fully saturated rings. The van der Waals surface area contributed by atoms with Crippen molar-refractivity contribution in [3.8, 4) is 5.75 Å². The highest BCUT2D eigenvalue weighted by atomic mass is 32.2. The highest BCUT2D eigenvalue weighted by molar-refractivity contribution is 7.98. The zero-order valence-electron chi connectivity index (χ0n) is 10.8. The molecule has 1 N–H and O–H groups in total. The van der Waals surface area contributed by atoms with Gasteiger partial charge < -0.3 is 14.4 Å². The minimum absolute atomic E-state index is 0.0882. The van der Waals surface area contributed by atoms with E-state index in [0.717, 1.165) is 0 Å². The predicted molar refractivity (Wildman–Crippen MR) is 71.8 cm³/mol. The third-order valence-electron chi connectivity index (χ3n) is 2.75. The first-order chi connectivity index (χ1) is 9.61. The maximum Gasteiger partial charge on any atom is 0.387 e. The average Bonchev–Trinajstić information content (AvgIpc) is 2.78. The molecule has 4 nitrogen and oxygen atoms in total. The van der Waals surface area contributed by atoms with Crippen LogP contribution >= 0.6 is 11.8 Å². The van der Waals surface area contributed by atoms with Gasteiger partial charge in [-0.3, -0.25) is 0 Å². The molecule has 0 aliphatic rings. The van der Waals surface area contributed by atoms with E-state index in [1.807, 2.05) is 0 Å². The summed E-state index contributed by atoms with van der Waals surface area (Å²) in [5.74, 6) is 0.630. The van der Waals surface area contributed by atoms with Crippen molar-refractivity contribution in [3.63, 3.8) is 0 Å². The van der Waals surface area contributed by atoms with E-state index in [1.165, 1.54) is 17.8 Å². The Morgan fingerprint density at radius 1 is 1.40 bits per heavy atom. The topological polar surface area (TPSA) is 47.3 Å². The number of hydrogen-bond donors (Lipinski definition) is 1. The summed E-state index contributed by atoms with van der Waals surface area (Å²) in [4.78, 5) is 4.17. The molecule has 0 bridgehead atoms. The van der Waals surface area contributed by atoms with Crippen LogP contribution in [0.2, 0.25) is 0 Å². The number of ether oxygens (including phenoxy) is 1. The monoisotopic (exact) mass is 300 g/mol. The molecule has 0 spiro atoms. The third kappa shape index (κ3) is 3.49. The molecular formula is C13H14F2N2O2S. The Kier molecular flexibility index (Phi) is 4.97. The predicted octanol–water partition coefficient (Wildman–Crippen LogP) is 2.81. The Hall–Kier alpha value is -1.60. The molecule has 0 atom stereocenters. The van der Waals surface area contributed by atoms with Crippen molar-refractivity contribution in [2.45, 2.75) is 24.1 Å². The number of nitrogens with zero attached hydrogens (tertiary/aromatic N) is 2. The molecule has 1 aromatic heterocycles. The SMILES string of the molecule is Cn1c(CO)cnc1SCc1ccccc1OC(F)F. The van der Waals surface area contributed by atoms with E-state index in [4.69, 9.17) is 5.11 Å². The Bertz CT molecular complexity index is 575. The fraction of sp³-hybridized carbons (Fsp3) is 0.308. The second-order valence-electron chi connectivity index (χ2n) is 4.02. The summed E-state index contributed by atoms with van der Waals surface area (Å²) in [5, 5.41) is 9.80. The number of para-hydroxylation sites is 1. The normalized spacial score (nSPS) is 11.1. The van der Waals surface area contributed by atoms with Crippen molar-refractivity contribution >= 4 is 11.8 Å². The first-order valence-corrected chi connectivity index (χ1v) is 6.87. The van der Waals surface area contributed by atoms with Crippen molar-refractivity contribution < 1.29 is 18.6 Å². The molecule has 1 heterocycles. The first-order valence-electron chi connectivity index (χ1n) is 5.88. The van der Waals surface area contributed by atoms with Gasteiger partial charge in [0.05, 0.1) is 18.5 Å². The molecular weight excluding hydrogens is 286 g/mol. The number of rotatable bonds is 6. The van der Waals surface area contributed by atoms with Crippen molar-refractivity contribution in [2.75, 3.05) is 0 Å². The quantitative estimate of drug-likeness (QED) is 0.833. The molecule has 7 heteroatoms. The number of halogens is 2. The smallest absolute Gasteiger partial charge is 0.387 e. The van der Waals surface area contributed by atoms with Gasteiger partial charge in [0.15, 0.2) is 5.16 Å². The summed E-state index contributed by atoms with van der Waals surface area (Å²) in [6.45, 7) is -2.93. The van der Waals surface area contributed by atoms with Gasteiger partial charge in [0.1, 0.15) is 5.75 Å². The molecule has 0 aliphatic carbocycles. The lowest BCUT2D eigenvalue weighted by atomic mass is 10.2. The lowest BCUT2D eigenvalue weighted by molar-refractivity contribution is -0.0503. The van der Waals surface area contributed by atoms with Crippen LogP contribution in [0.15, 0.2) is 35.6 Å². The number of thioether (sulfide) groups is 1. The Morgan fingerprint density at radius 3 is 2.80 bits per heavy atom. The van der Waals surface area contributed by atoms with E-state index < -0.39 is 6.61 Å². The largest absolute Gasteiger partial charge is 0.435 e. The van der Waals surface area contributed by atoms with Crippen LogP contribution in [-0.4, -0.2) is 21.3 Å². The van der Waals surface area contributed by atoms with Crippen LogP contribution in [0.3, 0.4) is 0 Å². The number of imidazole rings is 1. The fourth-order valence-corrected chi connectivity index (χ4v) is 2.64. The molecule has 0 aliphatic heterocycles. The Morgan fingerprint density at radius 2 is 2.15 bits per heavy atom. The summed E-state index contributed by atoms with van der Waals surface area (Å²) < 4.78 is 30.8. The molecule has 0 saturated heterocycles. The number of hydrogen-bond acceptors (Lipinski definition) is 4. The molecule has 0 radical (unpaired) electrons. The number of aromatic nitrogens is 2. The van der Waals surface area contributed by atoms with Crippen LogP contribution in [0.1, 0.15) is 11.3 Å². The maximum atomic E-state index is 12.3. The second-order valence-corrected chi connectivity index (χ2v) is 4.97. The first kappa shape index (κ1) is 14.8. The fourth-order valence-electron chi connectivity index (χ4n) is 1.68. The van der Waals surface area contributed by atoms with Gasteiger partial charge in [0, 0.05) is 18.4 Å². The molecule has 108 valence electrons. The van der Waals surface area contributed by atoms with Crippen LogP contribution in [-0.2, 0) is 19.4 Å². The van der Waals surface area contributed by atoms with E-state index in [9.17, 15) is 8.78 Å². The molecule has 2 rings (SSSR count). The average molecular weight is 300 g/mol. The van der Waals surface area contributed by atoms with E-state index in [0.29, 0.717) is 22.2 Å². The summed E-state index contributed by atoms with van der Waals surface area (Å²) in [7, 11) is 1.79. The molecule has 1 aromatic carbocycles. The summed E-state index contributed by atoms with van der Waals surface area (Å²) in [6, 6.07) is 6.67. The van der Waals surface area contributed by atoms with Crippen LogP contribution in [0.25, 0.3) is 0 Å². The molecule has 0 unspecified atom stereocenters. The van der Waals surface area contributed by atoms with E-state index in [1.54, 1.807) is 36.0 Å². The van der Waals surface area contributed by atoms with Gasteiger partial charge in [-0.25, -0.2) is 4.98 Å². The zero-order chi connectivity index (χ0) is 14.5. The summed E-state index contributed by atoms with van der Waals surface area (Å²) in [6.07, 6.45) is 1.59. The van der Waals surface area contributed by atoms with Gasteiger partial charge in [-0.15, -0.1) is 0 Å². The minimum atomic E-state index is -2.84. The van der Waals surface area contributed by atoms with E-state index in [2.05, 4.69) is 9.72 Å². The number of benzene rings is 1. The summed E-state index contributed by atoms with van der Waals surface area (Å²) >= 11 is 1.39.